The van der Waals surface area contributed by atoms with E-state index in [1.54, 1.807) is 0 Å². The Bertz CT molecular complexity index is 151. The predicted molar refractivity (Wildman–Crippen MR) is 65.5 cm³/mol. The van der Waals surface area contributed by atoms with E-state index < -0.39 is 5.54 Å². The highest BCUT2D eigenvalue weighted by atomic mass is 16.5. The van der Waals surface area contributed by atoms with Crippen molar-refractivity contribution in [2.75, 3.05) is 33.0 Å². The van der Waals surface area contributed by atoms with E-state index in [2.05, 4.69) is 6.92 Å². The van der Waals surface area contributed by atoms with E-state index in [1.807, 2.05) is 6.92 Å². The molecule has 3 N–H and O–H groups in total. The molecule has 0 aromatic rings. The second-order valence-corrected chi connectivity index (χ2v) is 4.49. The summed E-state index contributed by atoms with van der Waals surface area (Å²) < 4.78 is 10.7. The van der Waals surface area contributed by atoms with Crippen molar-refractivity contribution in [2.45, 2.75) is 45.1 Å². The summed E-state index contributed by atoms with van der Waals surface area (Å²) in [5.74, 6) is 0. The summed E-state index contributed by atoms with van der Waals surface area (Å²) in [6.45, 7) is 6.90. The maximum Gasteiger partial charge on any atom is 0.0700 e. The van der Waals surface area contributed by atoms with Crippen LogP contribution in [0.2, 0.25) is 0 Å². The van der Waals surface area contributed by atoms with Gasteiger partial charge in [-0.3, -0.25) is 0 Å². The number of rotatable bonds is 11. The zero-order chi connectivity index (χ0) is 12.3. The molecule has 0 bridgehead atoms. The molecule has 0 saturated heterocycles. The van der Waals surface area contributed by atoms with E-state index in [1.165, 1.54) is 0 Å². The third-order valence-electron chi connectivity index (χ3n) is 2.37. The molecule has 0 aromatic carbocycles. The van der Waals surface area contributed by atoms with Gasteiger partial charge in [0.2, 0.25) is 0 Å². The lowest BCUT2D eigenvalue weighted by atomic mass is 9.97. The Morgan fingerprint density at radius 3 is 2.25 bits per heavy atom. The minimum absolute atomic E-state index is 0.0404. The standard InChI is InChI=1S/C12H27NO3/c1-3-7-15-9-10-16-8-5-4-6-12(2,13)11-14/h14H,3-11,13H2,1-2H3. The summed E-state index contributed by atoms with van der Waals surface area (Å²) in [6.07, 6.45) is 3.86. The van der Waals surface area contributed by atoms with E-state index in [9.17, 15) is 0 Å². The molecule has 0 fully saturated rings. The molecule has 0 amide bonds. The SMILES string of the molecule is CCCOCCOCCCCC(C)(N)CO. The van der Waals surface area contributed by atoms with Crippen molar-refractivity contribution >= 4 is 0 Å². The molecule has 0 radical (unpaired) electrons. The van der Waals surface area contributed by atoms with E-state index in [-0.39, 0.29) is 6.61 Å². The Hall–Kier alpha value is -0.160. The third kappa shape index (κ3) is 10.4. The van der Waals surface area contributed by atoms with Crippen LogP contribution in [0.1, 0.15) is 39.5 Å². The largest absolute Gasteiger partial charge is 0.394 e. The second-order valence-electron chi connectivity index (χ2n) is 4.49. The van der Waals surface area contributed by atoms with Crippen LogP contribution in [-0.2, 0) is 9.47 Å². The van der Waals surface area contributed by atoms with E-state index in [4.69, 9.17) is 20.3 Å². The smallest absolute Gasteiger partial charge is 0.0700 e. The van der Waals surface area contributed by atoms with Gasteiger partial charge in [0.05, 0.1) is 19.8 Å². The molecule has 4 heteroatoms. The monoisotopic (exact) mass is 233 g/mol. The number of aliphatic hydroxyl groups is 1. The molecular weight excluding hydrogens is 206 g/mol. The normalized spacial score (nSPS) is 15.0. The van der Waals surface area contributed by atoms with Gasteiger partial charge in [-0.2, -0.15) is 0 Å². The van der Waals surface area contributed by atoms with Gasteiger partial charge < -0.3 is 20.3 Å². The van der Waals surface area contributed by atoms with Gasteiger partial charge in [0.15, 0.2) is 0 Å². The fraction of sp³-hybridized carbons (Fsp3) is 1.00. The highest BCUT2D eigenvalue weighted by Crippen LogP contribution is 2.09. The maximum absolute atomic E-state index is 8.94. The highest BCUT2D eigenvalue weighted by Gasteiger charge is 2.15. The number of nitrogens with two attached hydrogens (primary N) is 1. The third-order valence-corrected chi connectivity index (χ3v) is 2.37. The van der Waals surface area contributed by atoms with Crippen molar-refractivity contribution in [3.8, 4) is 0 Å². The molecule has 0 aromatic heterocycles. The van der Waals surface area contributed by atoms with E-state index in [0.717, 1.165) is 38.9 Å². The average Bonchev–Trinajstić information content (AvgIpc) is 2.27. The first-order chi connectivity index (χ1) is 7.62. The Labute approximate surface area is 99.1 Å². The quantitative estimate of drug-likeness (QED) is 0.528. The number of aliphatic hydroxyl groups excluding tert-OH is 1. The number of ether oxygens (including phenoxy) is 2. The van der Waals surface area contributed by atoms with Crippen molar-refractivity contribution in [1.82, 2.24) is 0 Å². The van der Waals surface area contributed by atoms with Gasteiger partial charge in [0, 0.05) is 18.8 Å². The Balaban J connectivity index is 3.10. The molecule has 0 aliphatic heterocycles. The molecule has 1 unspecified atom stereocenters. The zero-order valence-corrected chi connectivity index (χ0v) is 10.7. The van der Waals surface area contributed by atoms with Gasteiger partial charge in [0.25, 0.3) is 0 Å². The molecule has 98 valence electrons. The van der Waals surface area contributed by atoms with Gasteiger partial charge in [-0.15, -0.1) is 0 Å². The molecule has 0 heterocycles. The van der Waals surface area contributed by atoms with Crippen molar-refractivity contribution in [3.05, 3.63) is 0 Å². The summed E-state index contributed by atoms with van der Waals surface area (Å²) >= 11 is 0. The van der Waals surface area contributed by atoms with Crippen LogP contribution >= 0.6 is 0 Å². The van der Waals surface area contributed by atoms with Gasteiger partial charge in [-0.05, 0) is 32.6 Å². The Morgan fingerprint density at radius 2 is 1.69 bits per heavy atom. The first-order valence-corrected chi connectivity index (χ1v) is 6.17. The first-order valence-electron chi connectivity index (χ1n) is 6.17. The number of hydrogen-bond acceptors (Lipinski definition) is 4. The van der Waals surface area contributed by atoms with Crippen LogP contribution in [0.3, 0.4) is 0 Å². The maximum atomic E-state index is 8.94. The zero-order valence-electron chi connectivity index (χ0n) is 10.7. The second kappa shape index (κ2) is 10.0. The molecule has 0 rings (SSSR count). The lowest BCUT2D eigenvalue weighted by Crippen LogP contribution is -2.39. The van der Waals surface area contributed by atoms with Crippen molar-refractivity contribution in [3.63, 3.8) is 0 Å². The number of hydrogen-bond donors (Lipinski definition) is 2. The van der Waals surface area contributed by atoms with Gasteiger partial charge in [-0.1, -0.05) is 6.92 Å². The van der Waals surface area contributed by atoms with E-state index >= 15 is 0 Å². The molecule has 1 atom stereocenters. The van der Waals surface area contributed by atoms with Crippen molar-refractivity contribution in [2.24, 2.45) is 5.73 Å². The van der Waals surface area contributed by atoms with Crippen LogP contribution in [0.15, 0.2) is 0 Å². The van der Waals surface area contributed by atoms with E-state index in [0.29, 0.717) is 13.2 Å². The lowest BCUT2D eigenvalue weighted by Gasteiger charge is -2.21. The molecule has 0 spiro atoms. The van der Waals surface area contributed by atoms with Gasteiger partial charge in [-0.25, -0.2) is 0 Å². The van der Waals surface area contributed by atoms with Crippen molar-refractivity contribution in [1.29, 1.82) is 0 Å². The minimum atomic E-state index is -0.440. The van der Waals surface area contributed by atoms with Crippen LogP contribution in [0.25, 0.3) is 0 Å². The van der Waals surface area contributed by atoms with Crippen LogP contribution in [0, 0.1) is 0 Å². The predicted octanol–water partition coefficient (Wildman–Crippen LogP) is 1.31. The molecular formula is C12H27NO3. The molecule has 0 aliphatic rings. The minimum Gasteiger partial charge on any atom is -0.394 e. The van der Waals surface area contributed by atoms with Gasteiger partial charge >= 0.3 is 0 Å². The molecule has 0 aliphatic carbocycles. The van der Waals surface area contributed by atoms with Crippen LogP contribution in [0.4, 0.5) is 0 Å². The fourth-order valence-electron chi connectivity index (χ4n) is 1.28. The summed E-state index contributed by atoms with van der Waals surface area (Å²) in [5.41, 5.74) is 5.36. The molecule has 0 saturated carbocycles. The van der Waals surface area contributed by atoms with Crippen LogP contribution in [-0.4, -0.2) is 43.7 Å². The topological polar surface area (TPSA) is 64.7 Å². The van der Waals surface area contributed by atoms with Gasteiger partial charge in [0.1, 0.15) is 0 Å². The Kier molecular flexibility index (Phi) is 9.92. The first kappa shape index (κ1) is 15.8. The summed E-state index contributed by atoms with van der Waals surface area (Å²) in [6, 6.07) is 0. The van der Waals surface area contributed by atoms with Crippen molar-refractivity contribution < 1.29 is 14.6 Å². The van der Waals surface area contributed by atoms with Crippen LogP contribution in [0.5, 0.6) is 0 Å². The highest BCUT2D eigenvalue weighted by molar-refractivity contribution is 4.76. The lowest BCUT2D eigenvalue weighted by molar-refractivity contribution is 0.0459. The average molecular weight is 233 g/mol. The number of unbranched alkanes of at least 4 members (excludes halogenated alkanes) is 1. The molecule has 4 nitrogen and oxygen atoms in total. The summed E-state index contributed by atoms with van der Waals surface area (Å²) in [5, 5.41) is 8.94. The molecule has 16 heavy (non-hydrogen) atoms. The fourth-order valence-corrected chi connectivity index (χ4v) is 1.28. The summed E-state index contributed by atoms with van der Waals surface area (Å²) in [7, 11) is 0. The summed E-state index contributed by atoms with van der Waals surface area (Å²) in [4.78, 5) is 0. The van der Waals surface area contributed by atoms with Crippen LogP contribution < -0.4 is 5.73 Å². The Morgan fingerprint density at radius 1 is 1.06 bits per heavy atom.